The van der Waals surface area contributed by atoms with Crippen molar-refractivity contribution in [2.45, 2.75) is 35.8 Å². The largest absolute Gasteiger partial charge is 0.497 e. The number of rotatable bonds is 6. The van der Waals surface area contributed by atoms with Crippen LogP contribution >= 0.6 is 23.1 Å². The van der Waals surface area contributed by atoms with Crippen LogP contribution in [0.25, 0.3) is 0 Å². The van der Waals surface area contributed by atoms with Crippen LogP contribution in [0, 0.1) is 0 Å². The van der Waals surface area contributed by atoms with Gasteiger partial charge in [0, 0.05) is 18.8 Å². The minimum absolute atomic E-state index is 0.139. The minimum Gasteiger partial charge on any atom is -0.497 e. The highest BCUT2D eigenvalue weighted by Crippen LogP contribution is 2.31. The topological polar surface area (TPSA) is 67.3 Å². The van der Waals surface area contributed by atoms with Crippen LogP contribution < -0.4 is 10.1 Å². The Morgan fingerprint density at radius 3 is 2.64 bits per heavy atom. The van der Waals surface area contributed by atoms with Gasteiger partial charge in [0.05, 0.1) is 12.4 Å². The Hall–Kier alpha value is -1.80. The number of amides is 1. The summed E-state index contributed by atoms with van der Waals surface area (Å²) in [4.78, 5) is 14.5. The molecule has 6 nitrogen and oxygen atoms in total. The van der Waals surface area contributed by atoms with Crippen molar-refractivity contribution in [2.24, 2.45) is 0 Å². The Kier molecular flexibility index (Phi) is 6.14. The summed E-state index contributed by atoms with van der Waals surface area (Å²) in [6.45, 7) is 3.70. The highest BCUT2D eigenvalue weighted by atomic mass is 32.2. The Morgan fingerprint density at radius 1 is 1.24 bits per heavy atom. The van der Waals surface area contributed by atoms with Gasteiger partial charge in [-0.15, -0.1) is 10.2 Å². The van der Waals surface area contributed by atoms with E-state index < -0.39 is 0 Å². The van der Waals surface area contributed by atoms with Crippen molar-refractivity contribution in [1.82, 2.24) is 15.1 Å². The number of carbonyl (C=O) groups excluding carboxylic acids is 1. The summed E-state index contributed by atoms with van der Waals surface area (Å²) in [5, 5.41) is 12.1. The van der Waals surface area contributed by atoms with Gasteiger partial charge >= 0.3 is 0 Å². The molecule has 0 spiro atoms. The number of carbonyl (C=O) groups is 1. The van der Waals surface area contributed by atoms with Crippen LogP contribution in [0.3, 0.4) is 0 Å². The number of anilines is 2. The summed E-state index contributed by atoms with van der Waals surface area (Å²) in [7, 11) is 1.64. The minimum atomic E-state index is -0.139. The van der Waals surface area contributed by atoms with Gasteiger partial charge in [-0.1, -0.05) is 23.1 Å². The fraction of sp³-hybridized carbons (Fsp3) is 0.471. The maximum atomic E-state index is 12.5. The molecule has 0 saturated carbocycles. The summed E-state index contributed by atoms with van der Waals surface area (Å²) in [6.07, 6.45) is 3.44. The van der Waals surface area contributed by atoms with Crippen molar-refractivity contribution in [3.63, 3.8) is 0 Å². The Labute approximate surface area is 156 Å². The number of piperidine rings is 1. The van der Waals surface area contributed by atoms with E-state index in [2.05, 4.69) is 15.5 Å². The zero-order chi connectivity index (χ0) is 17.6. The van der Waals surface area contributed by atoms with Crippen molar-refractivity contribution < 1.29 is 9.53 Å². The van der Waals surface area contributed by atoms with Gasteiger partial charge in [0.15, 0.2) is 4.34 Å². The van der Waals surface area contributed by atoms with E-state index in [0.29, 0.717) is 5.13 Å². The quantitative estimate of drug-likeness (QED) is 0.772. The fourth-order valence-electron chi connectivity index (χ4n) is 2.68. The lowest BCUT2D eigenvalue weighted by atomic mass is 10.1. The molecule has 1 aromatic heterocycles. The predicted octanol–water partition coefficient (Wildman–Crippen LogP) is 3.78. The molecule has 1 aliphatic rings. The Bertz CT molecular complexity index is 699. The standard InChI is InChI=1S/C17H22N4O2S2/c1-12(15(22)21-10-4-3-5-11-21)24-17-20-19-16(25-17)18-13-6-8-14(23-2)9-7-13/h6-9,12H,3-5,10-11H2,1-2H3,(H,18,19). The molecule has 1 unspecified atom stereocenters. The van der Waals surface area contributed by atoms with Gasteiger partial charge in [-0.25, -0.2) is 0 Å². The lowest BCUT2D eigenvalue weighted by Gasteiger charge is -2.28. The van der Waals surface area contributed by atoms with Gasteiger partial charge < -0.3 is 15.0 Å². The molecule has 0 radical (unpaired) electrons. The third kappa shape index (κ3) is 4.85. The summed E-state index contributed by atoms with van der Waals surface area (Å²) in [5.41, 5.74) is 0.922. The zero-order valence-electron chi connectivity index (χ0n) is 14.4. The average Bonchev–Trinajstić information content (AvgIpc) is 3.09. The molecular formula is C17H22N4O2S2. The van der Waals surface area contributed by atoms with Gasteiger partial charge in [0.2, 0.25) is 11.0 Å². The predicted molar refractivity (Wildman–Crippen MR) is 102 cm³/mol. The molecule has 134 valence electrons. The van der Waals surface area contributed by atoms with E-state index in [1.165, 1.54) is 29.5 Å². The first kappa shape index (κ1) is 18.0. The van der Waals surface area contributed by atoms with E-state index in [1.807, 2.05) is 36.1 Å². The number of likely N-dealkylation sites (tertiary alicyclic amines) is 1. The van der Waals surface area contributed by atoms with Gasteiger partial charge in [-0.3, -0.25) is 4.79 Å². The number of hydrogen-bond acceptors (Lipinski definition) is 7. The molecular weight excluding hydrogens is 356 g/mol. The van der Waals surface area contributed by atoms with Gasteiger partial charge in [0.25, 0.3) is 0 Å². The lowest BCUT2D eigenvalue weighted by molar-refractivity contribution is -0.131. The van der Waals surface area contributed by atoms with Gasteiger partial charge in [-0.05, 0) is 50.5 Å². The molecule has 25 heavy (non-hydrogen) atoms. The monoisotopic (exact) mass is 378 g/mol. The molecule has 3 rings (SSSR count). The molecule has 2 heterocycles. The van der Waals surface area contributed by atoms with Crippen LogP contribution in [-0.2, 0) is 4.79 Å². The van der Waals surface area contributed by atoms with E-state index in [-0.39, 0.29) is 11.2 Å². The van der Waals surface area contributed by atoms with Crippen LogP contribution in [-0.4, -0.2) is 46.5 Å². The number of nitrogens with zero attached hydrogens (tertiary/aromatic N) is 3. The van der Waals surface area contributed by atoms with Crippen LogP contribution in [0.15, 0.2) is 28.6 Å². The van der Waals surface area contributed by atoms with Crippen molar-refractivity contribution >= 4 is 39.8 Å². The summed E-state index contributed by atoms with van der Waals surface area (Å²) in [6, 6.07) is 7.63. The van der Waals surface area contributed by atoms with Crippen molar-refractivity contribution in [3.05, 3.63) is 24.3 Å². The van der Waals surface area contributed by atoms with Crippen LogP contribution in [0.4, 0.5) is 10.8 Å². The van der Waals surface area contributed by atoms with Gasteiger partial charge in [-0.2, -0.15) is 0 Å². The van der Waals surface area contributed by atoms with Gasteiger partial charge in [0.1, 0.15) is 5.75 Å². The number of methoxy groups -OCH3 is 1. The highest BCUT2D eigenvalue weighted by Gasteiger charge is 2.24. The first-order valence-corrected chi connectivity index (χ1v) is 10.1. The smallest absolute Gasteiger partial charge is 0.235 e. The molecule has 1 saturated heterocycles. The molecule has 2 aromatic rings. The second-order valence-corrected chi connectivity index (χ2v) is 8.44. The second-order valence-electron chi connectivity index (χ2n) is 5.87. The maximum Gasteiger partial charge on any atom is 0.235 e. The SMILES string of the molecule is COc1ccc(Nc2nnc(SC(C)C(=O)N3CCCCC3)s2)cc1. The van der Waals surface area contributed by atoms with E-state index >= 15 is 0 Å². The molecule has 1 N–H and O–H groups in total. The summed E-state index contributed by atoms with van der Waals surface area (Å²) in [5.74, 6) is 1.01. The normalized spacial score (nSPS) is 15.7. The molecule has 1 fully saturated rings. The molecule has 1 atom stereocenters. The van der Waals surface area contributed by atoms with Crippen molar-refractivity contribution in [1.29, 1.82) is 0 Å². The molecule has 0 bridgehead atoms. The van der Waals surface area contributed by atoms with E-state index in [1.54, 1.807) is 7.11 Å². The van der Waals surface area contributed by atoms with E-state index in [4.69, 9.17) is 4.74 Å². The van der Waals surface area contributed by atoms with Crippen LogP contribution in [0.1, 0.15) is 26.2 Å². The average molecular weight is 379 g/mol. The van der Waals surface area contributed by atoms with Crippen LogP contribution in [0.5, 0.6) is 5.75 Å². The number of thioether (sulfide) groups is 1. The third-order valence-electron chi connectivity index (χ3n) is 4.04. The number of ether oxygens (including phenoxy) is 1. The van der Waals surface area contributed by atoms with Crippen molar-refractivity contribution in [2.75, 3.05) is 25.5 Å². The van der Waals surface area contributed by atoms with Crippen molar-refractivity contribution in [3.8, 4) is 5.75 Å². The molecule has 8 heteroatoms. The maximum absolute atomic E-state index is 12.5. The molecule has 1 aliphatic heterocycles. The fourth-order valence-corrected chi connectivity index (χ4v) is 4.68. The Morgan fingerprint density at radius 2 is 1.96 bits per heavy atom. The number of benzene rings is 1. The first-order chi connectivity index (χ1) is 12.2. The Balaban J connectivity index is 1.56. The lowest BCUT2D eigenvalue weighted by Crippen LogP contribution is -2.40. The summed E-state index contributed by atoms with van der Waals surface area (Å²) < 4.78 is 5.95. The summed E-state index contributed by atoms with van der Waals surface area (Å²) >= 11 is 2.93. The number of aromatic nitrogens is 2. The van der Waals surface area contributed by atoms with E-state index in [0.717, 1.165) is 41.7 Å². The number of nitrogens with one attached hydrogen (secondary N) is 1. The van der Waals surface area contributed by atoms with Crippen LogP contribution in [0.2, 0.25) is 0 Å². The third-order valence-corrected chi connectivity index (χ3v) is 6.05. The second kappa shape index (κ2) is 8.53. The van der Waals surface area contributed by atoms with E-state index in [9.17, 15) is 4.79 Å². The first-order valence-electron chi connectivity index (χ1n) is 8.36. The molecule has 1 aromatic carbocycles. The molecule has 0 aliphatic carbocycles. The molecule has 1 amide bonds. The zero-order valence-corrected chi connectivity index (χ0v) is 16.0. The highest BCUT2D eigenvalue weighted by molar-refractivity contribution is 8.02. The number of hydrogen-bond donors (Lipinski definition) is 1.